The first kappa shape index (κ1) is 11.9. The molecule has 0 amide bonds. The molecular formula is C11H13ClO3. The van der Waals surface area contributed by atoms with Crippen molar-refractivity contribution in [2.75, 3.05) is 14.2 Å². The van der Waals surface area contributed by atoms with E-state index in [4.69, 9.17) is 21.1 Å². The first-order valence-electron chi connectivity index (χ1n) is 4.57. The second-order valence-corrected chi connectivity index (χ2v) is 3.41. The Morgan fingerprint density at radius 3 is 2.60 bits per heavy atom. The van der Waals surface area contributed by atoms with E-state index in [0.717, 1.165) is 11.8 Å². The third-order valence-electron chi connectivity index (χ3n) is 2.07. The van der Waals surface area contributed by atoms with Crippen molar-refractivity contribution in [1.29, 1.82) is 0 Å². The van der Waals surface area contributed by atoms with Gasteiger partial charge in [0.25, 0.3) is 0 Å². The molecule has 0 unspecified atom stereocenters. The molecule has 0 heterocycles. The van der Waals surface area contributed by atoms with E-state index in [0.29, 0.717) is 29.4 Å². The van der Waals surface area contributed by atoms with Gasteiger partial charge in [0.2, 0.25) is 0 Å². The lowest BCUT2D eigenvalue weighted by atomic mass is 10.1. The average molecular weight is 229 g/mol. The second-order valence-electron chi connectivity index (χ2n) is 3.01. The minimum Gasteiger partial charge on any atom is -0.497 e. The number of carbonyl (C=O) groups is 1. The number of methoxy groups -OCH3 is 2. The molecule has 0 saturated heterocycles. The van der Waals surface area contributed by atoms with Crippen LogP contribution in [0.5, 0.6) is 11.5 Å². The van der Waals surface area contributed by atoms with Gasteiger partial charge in [-0.25, -0.2) is 0 Å². The topological polar surface area (TPSA) is 35.5 Å². The summed E-state index contributed by atoms with van der Waals surface area (Å²) in [5.41, 5.74) is 0.883. The Hall–Kier alpha value is -1.22. The van der Waals surface area contributed by atoms with Crippen molar-refractivity contribution in [2.24, 2.45) is 0 Å². The quantitative estimate of drug-likeness (QED) is 0.727. The summed E-state index contributed by atoms with van der Waals surface area (Å²) in [6, 6.07) is 3.51. The zero-order valence-corrected chi connectivity index (χ0v) is 9.50. The van der Waals surface area contributed by atoms with Crippen LogP contribution in [0, 0.1) is 0 Å². The number of benzene rings is 1. The van der Waals surface area contributed by atoms with Crippen molar-refractivity contribution >= 4 is 17.9 Å². The van der Waals surface area contributed by atoms with Gasteiger partial charge in [0.1, 0.15) is 17.8 Å². The van der Waals surface area contributed by atoms with E-state index in [-0.39, 0.29) is 0 Å². The molecule has 3 nitrogen and oxygen atoms in total. The normalized spacial score (nSPS) is 9.80. The van der Waals surface area contributed by atoms with Gasteiger partial charge in [-0.2, -0.15) is 0 Å². The monoisotopic (exact) mass is 228 g/mol. The molecule has 1 aromatic carbocycles. The van der Waals surface area contributed by atoms with Gasteiger partial charge in [0.15, 0.2) is 0 Å². The van der Waals surface area contributed by atoms with E-state index in [1.54, 1.807) is 20.3 Å². The number of carbonyl (C=O) groups excluding carboxylic acids is 1. The van der Waals surface area contributed by atoms with Crippen LogP contribution in [0.1, 0.15) is 12.0 Å². The molecule has 15 heavy (non-hydrogen) atoms. The molecule has 1 rings (SSSR count). The summed E-state index contributed by atoms with van der Waals surface area (Å²) >= 11 is 6.00. The molecule has 0 aliphatic rings. The van der Waals surface area contributed by atoms with Crippen molar-refractivity contribution in [2.45, 2.75) is 12.8 Å². The lowest BCUT2D eigenvalue weighted by Gasteiger charge is -2.11. The van der Waals surface area contributed by atoms with Crippen LogP contribution in [0.25, 0.3) is 0 Å². The van der Waals surface area contributed by atoms with Crippen LogP contribution < -0.4 is 9.47 Å². The fourth-order valence-electron chi connectivity index (χ4n) is 1.37. The summed E-state index contributed by atoms with van der Waals surface area (Å²) in [6.45, 7) is 0. The molecule has 0 radical (unpaired) electrons. The van der Waals surface area contributed by atoms with E-state index in [1.165, 1.54) is 0 Å². The Morgan fingerprint density at radius 1 is 1.33 bits per heavy atom. The maximum Gasteiger partial charge on any atom is 0.140 e. The van der Waals surface area contributed by atoms with Crippen LogP contribution in [0.4, 0.5) is 0 Å². The van der Waals surface area contributed by atoms with Crippen molar-refractivity contribution in [3.8, 4) is 11.5 Å². The number of hydrogen-bond acceptors (Lipinski definition) is 3. The van der Waals surface area contributed by atoms with Crippen LogP contribution in [-0.2, 0) is 11.2 Å². The standard InChI is InChI=1S/C11H13ClO3/c1-14-9-6-8(4-3-5-13)11(15-2)10(12)7-9/h5-7H,3-4H2,1-2H3. The number of hydrogen-bond donors (Lipinski definition) is 0. The molecule has 0 spiro atoms. The predicted molar refractivity (Wildman–Crippen MR) is 58.9 cm³/mol. The molecule has 0 aliphatic heterocycles. The number of ether oxygens (including phenoxy) is 2. The van der Waals surface area contributed by atoms with Crippen molar-refractivity contribution < 1.29 is 14.3 Å². The predicted octanol–water partition coefficient (Wildman–Crippen LogP) is 2.49. The molecule has 0 saturated carbocycles. The SMILES string of the molecule is COc1cc(Cl)c(OC)c(CCC=O)c1. The van der Waals surface area contributed by atoms with Crippen LogP contribution in [0.15, 0.2) is 12.1 Å². The number of aldehydes is 1. The van der Waals surface area contributed by atoms with Gasteiger partial charge >= 0.3 is 0 Å². The lowest BCUT2D eigenvalue weighted by molar-refractivity contribution is -0.107. The number of halogens is 1. The molecular weight excluding hydrogens is 216 g/mol. The van der Waals surface area contributed by atoms with Gasteiger partial charge in [0.05, 0.1) is 19.2 Å². The maximum absolute atomic E-state index is 10.3. The number of aryl methyl sites for hydroxylation is 1. The van der Waals surface area contributed by atoms with Crippen LogP contribution in [0.2, 0.25) is 5.02 Å². The third kappa shape index (κ3) is 2.86. The Morgan fingerprint density at radius 2 is 2.07 bits per heavy atom. The fourth-order valence-corrected chi connectivity index (χ4v) is 1.68. The van der Waals surface area contributed by atoms with Gasteiger partial charge in [-0.05, 0) is 18.1 Å². The van der Waals surface area contributed by atoms with E-state index < -0.39 is 0 Å². The minimum absolute atomic E-state index is 0.444. The van der Waals surface area contributed by atoms with E-state index in [2.05, 4.69) is 0 Å². The lowest BCUT2D eigenvalue weighted by Crippen LogP contribution is -1.95. The van der Waals surface area contributed by atoms with Crippen molar-refractivity contribution in [3.63, 3.8) is 0 Å². The van der Waals surface area contributed by atoms with Crippen LogP contribution >= 0.6 is 11.6 Å². The molecule has 0 aliphatic carbocycles. The highest BCUT2D eigenvalue weighted by atomic mass is 35.5. The van der Waals surface area contributed by atoms with E-state index >= 15 is 0 Å². The maximum atomic E-state index is 10.3. The average Bonchev–Trinajstić information content (AvgIpc) is 2.25. The smallest absolute Gasteiger partial charge is 0.140 e. The summed E-state index contributed by atoms with van der Waals surface area (Å²) in [7, 11) is 3.12. The van der Waals surface area contributed by atoms with Crippen molar-refractivity contribution in [1.82, 2.24) is 0 Å². The minimum atomic E-state index is 0.444. The Labute approximate surface area is 93.9 Å². The molecule has 1 aromatic rings. The molecule has 0 fully saturated rings. The van der Waals surface area contributed by atoms with E-state index in [9.17, 15) is 4.79 Å². The van der Waals surface area contributed by atoms with Gasteiger partial charge in [-0.15, -0.1) is 0 Å². The fraction of sp³-hybridized carbons (Fsp3) is 0.364. The van der Waals surface area contributed by atoms with Gasteiger partial charge in [0, 0.05) is 12.5 Å². The Bertz CT molecular complexity index is 350. The van der Waals surface area contributed by atoms with Gasteiger partial charge in [-0.1, -0.05) is 11.6 Å². The van der Waals surface area contributed by atoms with Gasteiger partial charge in [-0.3, -0.25) is 0 Å². The zero-order chi connectivity index (χ0) is 11.3. The highest BCUT2D eigenvalue weighted by Crippen LogP contribution is 2.33. The second kappa shape index (κ2) is 5.61. The summed E-state index contributed by atoms with van der Waals surface area (Å²) in [5.74, 6) is 1.28. The summed E-state index contributed by atoms with van der Waals surface area (Å²) in [6.07, 6.45) is 1.91. The largest absolute Gasteiger partial charge is 0.497 e. The Kier molecular flexibility index (Phi) is 4.43. The zero-order valence-electron chi connectivity index (χ0n) is 8.75. The summed E-state index contributed by atoms with van der Waals surface area (Å²) in [5, 5.41) is 0.498. The summed E-state index contributed by atoms with van der Waals surface area (Å²) < 4.78 is 10.3. The van der Waals surface area contributed by atoms with Gasteiger partial charge < -0.3 is 14.3 Å². The van der Waals surface area contributed by atoms with Crippen molar-refractivity contribution in [3.05, 3.63) is 22.7 Å². The highest BCUT2D eigenvalue weighted by molar-refractivity contribution is 6.32. The van der Waals surface area contributed by atoms with Crippen LogP contribution in [-0.4, -0.2) is 20.5 Å². The number of rotatable bonds is 5. The molecule has 0 bridgehead atoms. The molecule has 0 atom stereocenters. The molecule has 0 aromatic heterocycles. The first-order valence-corrected chi connectivity index (χ1v) is 4.94. The molecule has 4 heteroatoms. The first-order chi connectivity index (χ1) is 7.22. The summed E-state index contributed by atoms with van der Waals surface area (Å²) in [4.78, 5) is 10.3. The Balaban J connectivity index is 3.07. The van der Waals surface area contributed by atoms with Crippen LogP contribution in [0.3, 0.4) is 0 Å². The van der Waals surface area contributed by atoms with E-state index in [1.807, 2.05) is 6.07 Å². The molecule has 0 N–H and O–H groups in total. The third-order valence-corrected chi connectivity index (χ3v) is 2.35. The molecule has 82 valence electrons. The highest BCUT2D eigenvalue weighted by Gasteiger charge is 2.10.